The number of rotatable bonds is 5. The van der Waals surface area contributed by atoms with Crippen molar-refractivity contribution in [2.75, 3.05) is 5.32 Å². The van der Waals surface area contributed by atoms with Gasteiger partial charge in [0.05, 0.1) is 0 Å². The molecule has 3 aromatic rings. The second kappa shape index (κ2) is 8.19. The quantitative estimate of drug-likeness (QED) is 0.564. The topological polar surface area (TPSA) is 63.2 Å². The molecule has 0 spiro atoms. The number of nitrogens with one attached hydrogen (secondary N) is 2. The maximum absolute atomic E-state index is 12.6. The maximum atomic E-state index is 12.6. The van der Waals surface area contributed by atoms with Crippen molar-refractivity contribution in [2.24, 2.45) is 0 Å². The van der Waals surface area contributed by atoms with Crippen molar-refractivity contribution in [3.8, 4) is 11.6 Å². The van der Waals surface area contributed by atoms with Crippen LogP contribution in [-0.2, 0) is 5.41 Å². The summed E-state index contributed by atoms with van der Waals surface area (Å²) in [6.45, 7) is 6.41. The first-order valence-electron chi connectivity index (χ1n) is 10.3. The van der Waals surface area contributed by atoms with E-state index in [9.17, 15) is 4.79 Å². The van der Waals surface area contributed by atoms with Gasteiger partial charge in [-0.2, -0.15) is 0 Å². The van der Waals surface area contributed by atoms with Crippen LogP contribution in [0.25, 0.3) is 0 Å². The summed E-state index contributed by atoms with van der Waals surface area (Å²) in [5.74, 6) is 1.48. The van der Waals surface area contributed by atoms with Crippen LogP contribution in [0.4, 0.5) is 10.5 Å². The van der Waals surface area contributed by atoms with Gasteiger partial charge < -0.3 is 15.4 Å². The lowest BCUT2D eigenvalue weighted by atomic mass is 9.86. The Morgan fingerprint density at radius 3 is 2.50 bits per heavy atom. The van der Waals surface area contributed by atoms with Crippen LogP contribution in [0, 0.1) is 0 Å². The van der Waals surface area contributed by atoms with Crippen LogP contribution >= 0.6 is 0 Å². The summed E-state index contributed by atoms with van der Waals surface area (Å²) in [4.78, 5) is 16.9. The van der Waals surface area contributed by atoms with Crippen molar-refractivity contribution in [1.29, 1.82) is 0 Å². The zero-order chi connectivity index (χ0) is 21.1. The van der Waals surface area contributed by atoms with Gasteiger partial charge in [0.25, 0.3) is 0 Å². The second-order valence-electron chi connectivity index (χ2n) is 8.66. The normalized spacial score (nSPS) is 17.8. The molecule has 1 aliphatic rings. The van der Waals surface area contributed by atoms with Gasteiger partial charge in [-0.25, -0.2) is 9.78 Å². The van der Waals surface area contributed by atoms with E-state index in [2.05, 4.69) is 54.6 Å². The van der Waals surface area contributed by atoms with Crippen molar-refractivity contribution in [1.82, 2.24) is 10.3 Å². The van der Waals surface area contributed by atoms with E-state index in [1.807, 2.05) is 36.4 Å². The third kappa shape index (κ3) is 4.62. The lowest BCUT2D eigenvalue weighted by Crippen LogP contribution is -2.31. The Morgan fingerprint density at radius 1 is 1.00 bits per heavy atom. The number of para-hydroxylation sites is 1. The van der Waals surface area contributed by atoms with Crippen LogP contribution in [0.3, 0.4) is 0 Å². The molecule has 0 radical (unpaired) electrons. The van der Waals surface area contributed by atoms with Crippen molar-refractivity contribution in [3.05, 3.63) is 84.1 Å². The number of benzene rings is 2. The van der Waals surface area contributed by atoms with E-state index in [1.54, 1.807) is 18.3 Å². The highest BCUT2D eigenvalue weighted by molar-refractivity contribution is 5.91. The van der Waals surface area contributed by atoms with E-state index in [4.69, 9.17) is 4.74 Å². The molecule has 154 valence electrons. The van der Waals surface area contributed by atoms with Crippen LogP contribution < -0.4 is 15.4 Å². The monoisotopic (exact) mass is 401 g/mol. The number of pyridine rings is 1. The van der Waals surface area contributed by atoms with Crippen molar-refractivity contribution >= 4 is 11.7 Å². The number of urea groups is 1. The first-order valence-corrected chi connectivity index (χ1v) is 10.3. The number of nitrogens with zero attached hydrogens (tertiary/aromatic N) is 1. The molecule has 1 heterocycles. The zero-order valence-electron chi connectivity index (χ0n) is 17.6. The molecule has 0 saturated heterocycles. The molecule has 1 saturated carbocycles. The summed E-state index contributed by atoms with van der Waals surface area (Å²) in [5.41, 5.74) is 2.80. The van der Waals surface area contributed by atoms with Gasteiger partial charge in [-0.1, -0.05) is 69.3 Å². The Labute approximate surface area is 177 Å². The second-order valence-corrected chi connectivity index (χ2v) is 8.66. The van der Waals surface area contributed by atoms with Crippen molar-refractivity contribution in [3.63, 3.8) is 0 Å². The number of hydrogen-bond donors (Lipinski definition) is 2. The molecule has 1 fully saturated rings. The number of carbonyl (C=O) groups excluding carboxylic acids is 1. The lowest BCUT2D eigenvalue weighted by molar-refractivity contribution is 0.251. The summed E-state index contributed by atoms with van der Waals surface area (Å²) in [5, 5.41) is 5.94. The average Bonchev–Trinajstić information content (AvgIpc) is 3.49. The van der Waals surface area contributed by atoms with E-state index in [0.717, 1.165) is 17.7 Å². The van der Waals surface area contributed by atoms with E-state index in [1.165, 1.54) is 5.56 Å². The zero-order valence-corrected chi connectivity index (χ0v) is 17.6. The van der Waals surface area contributed by atoms with Gasteiger partial charge in [-0.15, -0.1) is 0 Å². The van der Waals surface area contributed by atoms with Gasteiger partial charge in [-0.05, 0) is 35.6 Å². The highest BCUT2D eigenvalue weighted by Crippen LogP contribution is 2.41. The minimum absolute atomic E-state index is 0.0746. The van der Waals surface area contributed by atoms with Crippen LogP contribution in [0.5, 0.6) is 11.6 Å². The minimum Gasteiger partial charge on any atom is -0.437 e. The van der Waals surface area contributed by atoms with Crippen LogP contribution in [-0.4, -0.2) is 17.1 Å². The molecular formula is C25H27N3O2. The third-order valence-corrected chi connectivity index (χ3v) is 5.26. The number of ether oxygens (including phenoxy) is 1. The largest absolute Gasteiger partial charge is 0.437 e. The molecular weight excluding hydrogens is 374 g/mol. The standard InChI is InChI=1S/C25H27N3O2/c1-25(2,3)19-12-7-8-14-22(19)30-23-20(13-9-15-26-23)27-24(29)28-21-16-18(21)17-10-5-4-6-11-17/h4-15,18,21H,16H2,1-3H3,(H2,27,28,29)/t18-,21?/m0/s1. The van der Waals surface area contributed by atoms with E-state index >= 15 is 0 Å². The minimum atomic E-state index is -0.250. The number of hydrogen-bond acceptors (Lipinski definition) is 3. The summed E-state index contributed by atoms with van der Waals surface area (Å²) < 4.78 is 6.13. The summed E-state index contributed by atoms with van der Waals surface area (Å²) in [7, 11) is 0. The maximum Gasteiger partial charge on any atom is 0.319 e. The highest BCUT2D eigenvalue weighted by atomic mass is 16.5. The van der Waals surface area contributed by atoms with Gasteiger partial charge in [0, 0.05) is 23.7 Å². The smallest absolute Gasteiger partial charge is 0.319 e. The predicted octanol–water partition coefficient (Wildman–Crippen LogP) is 5.85. The first-order chi connectivity index (χ1) is 14.4. The molecule has 2 atom stereocenters. The molecule has 30 heavy (non-hydrogen) atoms. The van der Waals surface area contributed by atoms with E-state index < -0.39 is 0 Å². The first kappa shape index (κ1) is 20.0. The molecule has 2 N–H and O–H groups in total. The fourth-order valence-electron chi connectivity index (χ4n) is 3.60. The van der Waals surface area contributed by atoms with Gasteiger partial charge in [0.1, 0.15) is 11.4 Å². The highest BCUT2D eigenvalue weighted by Gasteiger charge is 2.39. The number of carbonyl (C=O) groups is 1. The lowest BCUT2D eigenvalue weighted by Gasteiger charge is -2.22. The van der Waals surface area contributed by atoms with Gasteiger partial charge in [0.2, 0.25) is 5.88 Å². The van der Waals surface area contributed by atoms with Crippen LogP contribution in [0.2, 0.25) is 0 Å². The molecule has 5 heteroatoms. The average molecular weight is 402 g/mol. The fraction of sp³-hybridized carbons (Fsp3) is 0.280. The Balaban J connectivity index is 1.44. The SMILES string of the molecule is CC(C)(C)c1ccccc1Oc1ncccc1NC(=O)NC1C[C@H]1c1ccccc1. The van der Waals surface area contributed by atoms with Gasteiger partial charge in [0.15, 0.2) is 0 Å². The predicted molar refractivity (Wildman–Crippen MR) is 119 cm³/mol. The third-order valence-electron chi connectivity index (χ3n) is 5.26. The Morgan fingerprint density at radius 2 is 1.73 bits per heavy atom. The summed E-state index contributed by atoms with van der Waals surface area (Å²) in [6, 6.07) is 21.6. The van der Waals surface area contributed by atoms with Gasteiger partial charge >= 0.3 is 6.03 Å². The number of amides is 2. The Bertz CT molecular complexity index is 1030. The molecule has 0 bridgehead atoms. The molecule has 2 amide bonds. The number of anilines is 1. The fourth-order valence-corrected chi connectivity index (χ4v) is 3.60. The summed E-state index contributed by atoms with van der Waals surface area (Å²) in [6.07, 6.45) is 2.61. The molecule has 5 nitrogen and oxygen atoms in total. The molecule has 2 aromatic carbocycles. The molecule has 1 aromatic heterocycles. The van der Waals surface area contributed by atoms with Crippen molar-refractivity contribution in [2.45, 2.75) is 44.6 Å². The molecule has 4 rings (SSSR count). The Kier molecular flexibility index (Phi) is 5.44. The van der Waals surface area contributed by atoms with Crippen molar-refractivity contribution < 1.29 is 9.53 Å². The van der Waals surface area contributed by atoms with E-state index in [0.29, 0.717) is 17.5 Å². The molecule has 0 aliphatic heterocycles. The van der Waals surface area contributed by atoms with Gasteiger partial charge in [-0.3, -0.25) is 0 Å². The van der Waals surface area contributed by atoms with E-state index in [-0.39, 0.29) is 17.5 Å². The Hall–Kier alpha value is -3.34. The molecule has 1 aliphatic carbocycles. The van der Waals surface area contributed by atoms with Crippen LogP contribution in [0.15, 0.2) is 72.9 Å². The summed E-state index contributed by atoms with van der Waals surface area (Å²) >= 11 is 0. The molecule has 1 unspecified atom stereocenters. The number of aromatic nitrogens is 1. The van der Waals surface area contributed by atoms with Crippen LogP contribution in [0.1, 0.15) is 44.2 Å².